The van der Waals surface area contributed by atoms with Crippen molar-refractivity contribution < 1.29 is 32.2 Å². The Labute approximate surface area is 150 Å². The summed E-state index contributed by atoms with van der Waals surface area (Å²) >= 11 is 0. The Morgan fingerprint density at radius 2 is 1.78 bits per heavy atom. The van der Waals surface area contributed by atoms with Gasteiger partial charge < -0.3 is 9.84 Å². The van der Waals surface area contributed by atoms with Gasteiger partial charge in [-0.1, -0.05) is 0 Å². The first kappa shape index (κ1) is 18.4. The van der Waals surface area contributed by atoms with E-state index in [1.165, 1.54) is 18.2 Å². The average molecular weight is 380 g/mol. The third kappa shape index (κ3) is 3.62. The Morgan fingerprint density at radius 1 is 1.11 bits per heavy atom. The maximum atomic E-state index is 13.2. The number of carbonyl (C=O) groups excluding carboxylic acids is 1. The summed E-state index contributed by atoms with van der Waals surface area (Å²) in [5, 5.41) is 13.4. The number of alkyl halides is 3. The fourth-order valence-corrected chi connectivity index (χ4v) is 2.47. The van der Waals surface area contributed by atoms with Gasteiger partial charge in [-0.3, -0.25) is 0 Å². The van der Waals surface area contributed by atoms with Gasteiger partial charge in [0.25, 0.3) is 0 Å². The summed E-state index contributed by atoms with van der Waals surface area (Å²) in [4.78, 5) is 11.7. The van der Waals surface area contributed by atoms with Gasteiger partial charge in [0, 0.05) is 5.56 Å². The monoisotopic (exact) mass is 380 g/mol. The normalized spacial score (nSPS) is 11.4. The number of halogens is 4. The number of aromatic hydroxyl groups is 1. The lowest BCUT2D eigenvalue weighted by molar-refractivity contribution is -0.141. The third-order valence-corrected chi connectivity index (χ3v) is 3.77. The largest absolute Gasteiger partial charge is 0.507 e. The van der Waals surface area contributed by atoms with E-state index in [0.717, 1.165) is 42.1 Å². The number of ether oxygens (including phenoxy) is 1. The molecule has 2 aromatic carbocycles. The van der Waals surface area contributed by atoms with E-state index in [0.29, 0.717) is 0 Å². The quantitative estimate of drug-likeness (QED) is 0.547. The Balaban J connectivity index is 2.21. The number of esters is 1. The first-order chi connectivity index (χ1) is 12.7. The van der Waals surface area contributed by atoms with E-state index in [1.807, 2.05) is 0 Å². The van der Waals surface area contributed by atoms with Gasteiger partial charge in [-0.05, 0) is 48.5 Å². The first-order valence-electron chi connectivity index (χ1n) is 7.55. The molecule has 9 heteroatoms. The van der Waals surface area contributed by atoms with Crippen molar-refractivity contribution in [2.24, 2.45) is 0 Å². The summed E-state index contributed by atoms with van der Waals surface area (Å²) in [6, 6.07) is 9.24. The van der Waals surface area contributed by atoms with Crippen molar-refractivity contribution in [2.75, 3.05) is 7.11 Å². The predicted octanol–water partition coefficient (Wildman–Crippen LogP) is 4.19. The molecule has 0 saturated carbocycles. The molecular weight excluding hydrogens is 368 g/mol. The van der Waals surface area contributed by atoms with E-state index in [-0.39, 0.29) is 22.5 Å². The van der Waals surface area contributed by atoms with Gasteiger partial charge in [-0.2, -0.15) is 18.3 Å². The first-order valence-corrected chi connectivity index (χ1v) is 7.55. The number of methoxy groups -OCH3 is 1. The molecule has 1 aromatic heterocycles. The highest BCUT2D eigenvalue weighted by Crippen LogP contribution is 2.34. The molecule has 140 valence electrons. The van der Waals surface area contributed by atoms with E-state index >= 15 is 0 Å². The molecule has 0 amide bonds. The smallest absolute Gasteiger partial charge is 0.435 e. The maximum Gasteiger partial charge on any atom is 0.435 e. The van der Waals surface area contributed by atoms with Crippen LogP contribution in [0, 0.1) is 5.82 Å². The van der Waals surface area contributed by atoms with Crippen LogP contribution < -0.4 is 0 Å². The number of carbonyl (C=O) groups is 1. The van der Waals surface area contributed by atoms with Crippen LogP contribution in [0.25, 0.3) is 16.9 Å². The van der Waals surface area contributed by atoms with Crippen molar-refractivity contribution in [3.05, 3.63) is 65.6 Å². The molecule has 3 aromatic rings. The number of rotatable bonds is 3. The summed E-state index contributed by atoms with van der Waals surface area (Å²) < 4.78 is 58.1. The van der Waals surface area contributed by atoms with Crippen LogP contribution in [0.4, 0.5) is 17.6 Å². The van der Waals surface area contributed by atoms with E-state index in [2.05, 4.69) is 9.84 Å². The second kappa shape index (κ2) is 6.75. The number of benzene rings is 2. The highest BCUT2D eigenvalue weighted by molar-refractivity contribution is 5.93. The number of hydrogen-bond acceptors (Lipinski definition) is 4. The zero-order valence-corrected chi connectivity index (χ0v) is 13.8. The van der Waals surface area contributed by atoms with Crippen LogP contribution in [0.5, 0.6) is 5.75 Å². The molecule has 0 spiro atoms. The van der Waals surface area contributed by atoms with Gasteiger partial charge in [0.05, 0.1) is 18.5 Å². The summed E-state index contributed by atoms with van der Waals surface area (Å²) in [7, 11) is 1.11. The van der Waals surface area contributed by atoms with Crippen LogP contribution in [0.15, 0.2) is 48.5 Å². The van der Waals surface area contributed by atoms with Crippen LogP contribution in [-0.2, 0) is 10.9 Å². The predicted molar refractivity (Wildman–Crippen MR) is 87.0 cm³/mol. The number of hydrogen-bond donors (Lipinski definition) is 1. The van der Waals surface area contributed by atoms with Crippen molar-refractivity contribution >= 4 is 5.97 Å². The topological polar surface area (TPSA) is 64.4 Å². The molecular formula is C18H12F4N2O3. The second-order valence-corrected chi connectivity index (χ2v) is 5.52. The Hall–Kier alpha value is -3.36. The van der Waals surface area contributed by atoms with Crippen molar-refractivity contribution in [1.29, 1.82) is 0 Å². The van der Waals surface area contributed by atoms with Crippen LogP contribution in [0.1, 0.15) is 16.1 Å². The number of nitrogens with zero attached hydrogens (tertiary/aromatic N) is 2. The summed E-state index contributed by atoms with van der Waals surface area (Å²) in [5.41, 5.74) is -0.988. The van der Waals surface area contributed by atoms with Crippen molar-refractivity contribution in [2.45, 2.75) is 6.18 Å². The Morgan fingerprint density at radius 3 is 2.37 bits per heavy atom. The van der Waals surface area contributed by atoms with Gasteiger partial charge in [-0.25, -0.2) is 13.9 Å². The van der Waals surface area contributed by atoms with E-state index < -0.39 is 29.4 Å². The molecule has 0 aliphatic rings. The lowest BCUT2D eigenvalue weighted by Crippen LogP contribution is -2.08. The van der Waals surface area contributed by atoms with Crippen molar-refractivity contribution in [3.63, 3.8) is 0 Å². The molecule has 0 unspecified atom stereocenters. The zero-order valence-electron chi connectivity index (χ0n) is 13.8. The fraction of sp³-hybridized carbons (Fsp3) is 0.111. The molecule has 1 N–H and O–H groups in total. The average Bonchev–Trinajstić information content (AvgIpc) is 3.08. The Kier molecular flexibility index (Phi) is 4.61. The van der Waals surface area contributed by atoms with Crippen LogP contribution in [0.2, 0.25) is 0 Å². The van der Waals surface area contributed by atoms with Crippen LogP contribution >= 0.6 is 0 Å². The second-order valence-electron chi connectivity index (χ2n) is 5.52. The molecule has 0 fully saturated rings. The van der Waals surface area contributed by atoms with E-state index in [4.69, 9.17) is 0 Å². The van der Waals surface area contributed by atoms with Gasteiger partial charge in [0.15, 0.2) is 5.69 Å². The van der Waals surface area contributed by atoms with E-state index in [1.54, 1.807) is 0 Å². The minimum Gasteiger partial charge on any atom is -0.507 e. The van der Waals surface area contributed by atoms with Gasteiger partial charge >= 0.3 is 12.1 Å². The molecule has 0 saturated heterocycles. The number of phenolic OH excluding ortho intramolecular Hbond substituents is 1. The van der Waals surface area contributed by atoms with Crippen LogP contribution in [-0.4, -0.2) is 28.0 Å². The highest BCUT2D eigenvalue weighted by Gasteiger charge is 2.35. The summed E-state index contributed by atoms with van der Waals surface area (Å²) in [6.07, 6.45) is -4.71. The molecule has 0 bridgehead atoms. The molecule has 3 rings (SSSR count). The molecule has 0 atom stereocenters. The molecule has 27 heavy (non-hydrogen) atoms. The standard InChI is InChI=1S/C18H12F4N2O3/c1-27-17(26)13-8-12(6-7-15(13)25)24-14(9-16(23-24)18(20,21)22)10-2-4-11(19)5-3-10/h2-9,25H,1H3. The van der Waals surface area contributed by atoms with Gasteiger partial charge in [0.2, 0.25) is 0 Å². The number of aromatic nitrogens is 2. The minimum absolute atomic E-state index is 0.0313. The van der Waals surface area contributed by atoms with Crippen molar-refractivity contribution in [3.8, 4) is 22.7 Å². The third-order valence-electron chi connectivity index (χ3n) is 3.77. The van der Waals surface area contributed by atoms with Crippen molar-refractivity contribution in [1.82, 2.24) is 9.78 Å². The molecule has 0 aliphatic heterocycles. The van der Waals surface area contributed by atoms with Gasteiger partial charge in [0.1, 0.15) is 17.1 Å². The lowest BCUT2D eigenvalue weighted by Gasteiger charge is -2.10. The molecule has 5 nitrogen and oxygen atoms in total. The maximum absolute atomic E-state index is 13.2. The highest BCUT2D eigenvalue weighted by atomic mass is 19.4. The van der Waals surface area contributed by atoms with E-state index in [9.17, 15) is 27.5 Å². The van der Waals surface area contributed by atoms with Gasteiger partial charge in [-0.15, -0.1) is 0 Å². The molecule has 0 radical (unpaired) electrons. The number of phenols is 1. The zero-order chi connectivity index (χ0) is 19.8. The molecule has 0 aliphatic carbocycles. The Bertz CT molecular complexity index is 995. The summed E-state index contributed by atoms with van der Waals surface area (Å²) in [6.45, 7) is 0. The summed E-state index contributed by atoms with van der Waals surface area (Å²) in [5.74, 6) is -1.79. The molecule has 1 heterocycles. The lowest BCUT2D eigenvalue weighted by atomic mass is 10.1. The van der Waals surface area contributed by atoms with Crippen LogP contribution in [0.3, 0.4) is 0 Å². The minimum atomic E-state index is -4.71. The SMILES string of the molecule is COC(=O)c1cc(-n2nc(C(F)(F)F)cc2-c2ccc(F)cc2)ccc1O. The fourth-order valence-electron chi connectivity index (χ4n) is 2.47.